The molecule has 4 rings (SSSR count). The van der Waals surface area contributed by atoms with Crippen molar-refractivity contribution in [1.82, 2.24) is 0 Å². The molecule has 0 spiro atoms. The third kappa shape index (κ3) is 5.30. The molecular weight excluding hydrogens is 442 g/mol. The first-order valence-corrected chi connectivity index (χ1v) is 10.6. The maximum absolute atomic E-state index is 12.5. The van der Waals surface area contributed by atoms with Gasteiger partial charge in [0.1, 0.15) is 0 Å². The monoisotopic (exact) mass is 461 g/mol. The van der Waals surface area contributed by atoms with Gasteiger partial charge in [0.2, 0.25) is 5.90 Å². The van der Waals surface area contributed by atoms with Crippen LogP contribution in [0.25, 0.3) is 6.08 Å². The average molecular weight is 462 g/mol. The van der Waals surface area contributed by atoms with E-state index in [1.165, 1.54) is 0 Å². The zero-order valence-electron chi connectivity index (χ0n) is 18.0. The van der Waals surface area contributed by atoms with Crippen molar-refractivity contribution in [2.24, 2.45) is 4.99 Å². The molecule has 3 aromatic carbocycles. The Balaban J connectivity index is 1.59. The Morgan fingerprint density at radius 3 is 2.58 bits per heavy atom. The molecule has 0 aliphatic carbocycles. The molecule has 0 bridgehead atoms. The molecule has 7 heteroatoms. The molecule has 0 amide bonds. The maximum atomic E-state index is 12.5. The first-order valence-electron chi connectivity index (χ1n) is 10.3. The molecule has 33 heavy (non-hydrogen) atoms. The molecule has 6 nitrogen and oxygen atoms in total. The molecule has 166 valence electrons. The molecule has 1 heterocycles. The molecule has 0 N–H and O–H groups in total. The van der Waals surface area contributed by atoms with Crippen LogP contribution in [0.2, 0.25) is 5.02 Å². The number of ether oxygens (including phenoxy) is 3. The van der Waals surface area contributed by atoms with Gasteiger partial charge in [0.25, 0.3) is 0 Å². The fourth-order valence-corrected chi connectivity index (χ4v) is 3.31. The summed E-state index contributed by atoms with van der Waals surface area (Å²) in [6, 6.07) is 18.9. The van der Waals surface area contributed by atoms with Gasteiger partial charge in [-0.15, -0.1) is 0 Å². The number of aliphatic imine (C=N–C) groups is 1. The van der Waals surface area contributed by atoms with Gasteiger partial charge < -0.3 is 14.2 Å². The van der Waals surface area contributed by atoms with Crippen molar-refractivity contribution < 1.29 is 23.8 Å². The van der Waals surface area contributed by atoms with Gasteiger partial charge in [-0.1, -0.05) is 35.4 Å². The average Bonchev–Trinajstić information content (AvgIpc) is 3.16. The number of hydrogen-bond acceptors (Lipinski definition) is 6. The Kier molecular flexibility index (Phi) is 6.56. The molecule has 0 saturated heterocycles. The Labute approximate surface area is 196 Å². The van der Waals surface area contributed by atoms with Crippen LogP contribution in [-0.2, 0) is 9.53 Å². The van der Waals surface area contributed by atoms with Gasteiger partial charge in [-0.05, 0) is 74.0 Å². The Bertz CT molecular complexity index is 1280. The topological polar surface area (TPSA) is 74.2 Å². The lowest BCUT2D eigenvalue weighted by Crippen LogP contribution is -2.09. The van der Waals surface area contributed by atoms with Crippen LogP contribution in [-0.4, -0.2) is 24.4 Å². The van der Waals surface area contributed by atoms with Crippen molar-refractivity contribution in [2.45, 2.75) is 13.8 Å². The van der Waals surface area contributed by atoms with E-state index in [1.807, 2.05) is 38.1 Å². The second-order valence-corrected chi connectivity index (χ2v) is 7.68. The number of rotatable bonds is 6. The predicted octanol–water partition coefficient (Wildman–Crippen LogP) is 5.61. The zero-order chi connectivity index (χ0) is 23.4. The van der Waals surface area contributed by atoms with Crippen LogP contribution in [0, 0.1) is 6.92 Å². The van der Waals surface area contributed by atoms with Gasteiger partial charge in [-0.25, -0.2) is 14.6 Å². The molecule has 0 aromatic heterocycles. The highest BCUT2D eigenvalue weighted by molar-refractivity contribution is 6.30. The van der Waals surface area contributed by atoms with Gasteiger partial charge in [-0.3, -0.25) is 0 Å². The Morgan fingerprint density at radius 1 is 1.06 bits per heavy atom. The van der Waals surface area contributed by atoms with Crippen LogP contribution >= 0.6 is 11.6 Å². The lowest BCUT2D eigenvalue weighted by atomic mass is 10.1. The molecular formula is C26H20ClNO5. The number of benzene rings is 3. The molecule has 1 aliphatic heterocycles. The summed E-state index contributed by atoms with van der Waals surface area (Å²) in [7, 11) is 0. The van der Waals surface area contributed by atoms with Crippen LogP contribution in [0.3, 0.4) is 0 Å². The first kappa shape index (κ1) is 22.3. The van der Waals surface area contributed by atoms with E-state index in [0.717, 1.165) is 11.1 Å². The van der Waals surface area contributed by atoms with Gasteiger partial charge in [0.15, 0.2) is 17.2 Å². The summed E-state index contributed by atoms with van der Waals surface area (Å²) in [6.07, 6.45) is 1.60. The van der Waals surface area contributed by atoms with E-state index in [2.05, 4.69) is 4.99 Å². The Morgan fingerprint density at radius 2 is 1.85 bits per heavy atom. The van der Waals surface area contributed by atoms with Crippen LogP contribution in [0.1, 0.15) is 34.0 Å². The third-order valence-corrected chi connectivity index (χ3v) is 4.99. The summed E-state index contributed by atoms with van der Waals surface area (Å²) < 4.78 is 16.5. The number of halogens is 1. The second kappa shape index (κ2) is 9.71. The van der Waals surface area contributed by atoms with Crippen molar-refractivity contribution in [3.05, 3.63) is 99.7 Å². The van der Waals surface area contributed by atoms with E-state index in [-0.39, 0.29) is 17.3 Å². The number of aryl methyl sites for hydroxylation is 1. The SMILES string of the molecule is CCOc1cc(/C=C2/N=C(c3cccc(C)c3)OC2=O)ccc1OC(=O)c1ccc(Cl)cc1. The van der Waals surface area contributed by atoms with Crippen molar-refractivity contribution in [3.8, 4) is 11.5 Å². The second-order valence-electron chi connectivity index (χ2n) is 7.24. The number of esters is 2. The van der Waals surface area contributed by atoms with Crippen LogP contribution < -0.4 is 9.47 Å². The van der Waals surface area contributed by atoms with Gasteiger partial charge >= 0.3 is 11.9 Å². The molecule has 0 radical (unpaired) electrons. The number of hydrogen-bond donors (Lipinski definition) is 0. The standard InChI is InChI=1S/C26H20ClNO5/c1-3-31-23-15-17(7-12-22(23)32-25(29)18-8-10-20(27)11-9-18)14-21-26(30)33-24(28-21)19-6-4-5-16(2)13-19/h4-15H,3H2,1-2H3/b21-14+. The van der Waals surface area contributed by atoms with Crippen molar-refractivity contribution in [2.75, 3.05) is 6.61 Å². The highest BCUT2D eigenvalue weighted by atomic mass is 35.5. The number of carbonyl (C=O) groups excluding carboxylic acids is 2. The van der Waals surface area contributed by atoms with Crippen LogP contribution in [0.4, 0.5) is 0 Å². The molecule has 0 atom stereocenters. The minimum Gasteiger partial charge on any atom is -0.490 e. The molecule has 0 unspecified atom stereocenters. The summed E-state index contributed by atoms with van der Waals surface area (Å²) >= 11 is 5.87. The van der Waals surface area contributed by atoms with Crippen molar-refractivity contribution >= 4 is 35.5 Å². The molecule has 3 aromatic rings. The fraction of sp³-hybridized carbons (Fsp3) is 0.115. The zero-order valence-corrected chi connectivity index (χ0v) is 18.8. The number of cyclic esters (lactones) is 1. The van der Waals surface area contributed by atoms with Crippen LogP contribution in [0.15, 0.2) is 77.4 Å². The summed E-state index contributed by atoms with van der Waals surface area (Å²) in [6.45, 7) is 4.14. The first-order chi connectivity index (χ1) is 15.9. The minimum absolute atomic E-state index is 0.167. The third-order valence-electron chi connectivity index (χ3n) is 4.74. The fourth-order valence-electron chi connectivity index (χ4n) is 3.18. The van der Waals surface area contributed by atoms with E-state index in [4.69, 9.17) is 25.8 Å². The van der Waals surface area contributed by atoms with E-state index < -0.39 is 11.9 Å². The maximum Gasteiger partial charge on any atom is 0.363 e. The van der Waals surface area contributed by atoms with Crippen molar-refractivity contribution in [1.29, 1.82) is 0 Å². The van der Waals surface area contributed by atoms with Gasteiger partial charge in [0.05, 0.1) is 12.2 Å². The smallest absolute Gasteiger partial charge is 0.363 e. The number of carbonyl (C=O) groups is 2. The summed E-state index contributed by atoms with van der Waals surface area (Å²) in [4.78, 5) is 29.1. The van der Waals surface area contributed by atoms with E-state index >= 15 is 0 Å². The lowest BCUT2D eigenvalue weighted by Gasteiger charge is -2.11. The van der Waals surface area contributed by atoms with Gasteiger partial charge in [-0.2, -0.15) is 0 Å². The minimum atomic E-state index is -0.539. The summed E-state index contributed by atoms with van der Waals surface area (Å²) in [5.41, 5.74) is 2.94. The van der Waals surface area contributed by atoms with Crippen LogP contribution in [0.5, 0.6) is 11.5 Å². The highest BCUT2D eigenvalue weighted by Crippen LogP contribution is 2.31. The summed E-state index contributed by atoms with van der Waals surface area (Å²) in [5.74, 6) is -0.193. The quantitative estimate of drug-likeness (QED) is 0.271. The lowest BCUT2D eigenvalue weighted by molar-refractivity contribution is -0.129. The molecule has 1 aliphatic rings. The Hall–Kier alpha value is -3.90. The highest BCUT2D eigenvalue weighted by Gasteiger charge is 2.24. The van der Waals surface area contributed by atoms with E-state index in [9.17, 15) is 9.59 Å². The number of nitrogens with zero attached hydrogens (tertiary/aromatic N) is 1. The largest absolute Gasteiger partial charge is 0.490 e. The molecule has 0 saturated carbocycles. The van der Waals surface area contributed by atoms with Crippen molar-refractivity contribution in [3.63, 3.8) is 0 Å². The normalized spacial score (nSPS) is 14.1. The van der Waals surface area contributed by atoms with Gasteiger partial charge in [0, 0.05) is 10.6 Å². The summed E-state index contributed by atoms with van der Waals surface area (Å²) in [5, 5.41) is 0.526. The van der Waals surface area contributed by atoms with E-state index in [1.54, 1.807) is 48.5 Å². The predicted molar refractivity (Wildman–Crippen MR) is 126 cm³/mol. The molecule has 0 fully saturated rings. The van der Waals surface area contributed by atoms with E-state index in [0.29, 0.717) is 28.5 Å².